The van der Waals surface area contributed by atoms with Gasteiger partial charge in [0.15, 0.2) is 11.5 Å². The van der Waals surface area contributed by atoms with Gasteiger partial charge in [0.05, 0.1) is 14.2 Å². The van der Waals surface area contributed by atoms with Crippen molar-refractivity contribution in [2.45, 2.75) is 45.1 Å². The normalized spacial score (nSPS) is 16.4. The van der Waals surface area contributed by atoms with E-state index >= 15 is 0 Å². The maximum Gasteiger partial charge on any atom is 0.272 e. The van der Waals surface area contributed by atoms with Crippen LogP contribution in [0.25, 0.3) is 0 Å². The lowest BCUT2D eigenvalue weighted by Crippen LogP contribution is -2.43. The van der Waals surface area contributed by atoms with Gasteiger partial charge in [0, 0.05) is 25.3 Å². The highest BCUT2D eigenvalue weighted by atomic mass is 16.5. The third-order valence-corrected chi connectivity index (χ3v) is 5.38. The number of carbonyl (C=O) groups is 1. The number of methoxy groups -OCH3 is 2. The summed E-state index contributed by atoms with van der Waals surface area (Å²) in [5.41, 5.74) is 1.57. The predicted octanol–water partition coefficient (Wildman–Crippen LogP) is 3.55. The molecule has 1 saturated heterocycles. The van der Waals surface area contributed by atoms with Crippen LogP contribution in [0.1, 0.15) is 48.7 Å². The minimum atomic E-state index is 0.00175. The van der Waals surface area contributed by atoms with Gasteiger partial charge in [-0.15, -0.1) is 0 Å². The summed E-state index contributed by atoms with van der Waals surface area (Å²) in [6.45, 7) is 3.59. The van der Waals surface area contributed by atoms with Gasteiger partial charge in [0.25, 0.3) is 5.91 Å². The molecule has 1 aliphatic rings. The first-order valence-corrected chi connectivity index (χ1v) is 10.2. The summed E-state index contributed by atoms with van der Waals surface area (Å²) in [6, 6.07) is 7.87. The van der Waals surface area contributed by atoms with Crippen molar-refractivity contribution in [3.05, 3.63) is 41.7 Å². The maximum atomic E-state index is 12.9. The molecule has 7 heteroatoms. The van der Waals surface area contributed by atoms with E-state index in [1.54, 1.807) is 26.5 Å². The van der Waals surface area contributed by atoms with E-state index in [1.165, 1.54) is 6.42 Å². The van der Waals surface area contributed by atoms with E-state index in [1.807, 2.05) is 23.1 Å². The van der Waals surface area contributed by atoms with Gasteiger partial charge in [-0.05, 0) is 55.9 Å². The monoisotopic (exact) mass is 398 g/mol. The Hall–Kier alpha value is -2.83. The highest BCUT2D eigenvalue weighted by molar-refractivity contribution is 5.92. The average molecular weight is 399 g/mol. The summed E-state index contributed by atoms with van der Waals surface area (Å²) in [5.74, 6) is 1.89. The van der Waals surface area contributed by atoms with Crippen molar-refractivity contribution >= 4 is 11.9 Å². The molecule has 0 aliphatic carbocycles. The van der Waals surface area contributed by atoms with Crippen molar-refractivity contribution in [1.29, 1.82) is 0 Å². The van der Waals surface area contributed by atoms with E-state index in [2.05, 4.69) is 22.2 Å². The smallest absolute Gasteiger partial charge is 0.272 e. The van der Waals surface area contributed by atoms with Crippen molar-refractivity contribution in [2.75, 3.05) is 32.6 Å². The molecule has 1 amide bonds. The average Bonchev–Trinajstić information content (AvgIpc) is 2.78. The van der Waals surface area contributed by atoms with Crippen LogP contribution in [-0.2, 0) is 6.42 Å². The van der Waals surface area contributed by atoms with Gasteiger partial charge in [-0.25, -0.2) is 9.97 Å². The summed E-state index contributed by atoms with van der Waals surface area (Å²) in [5, 5.41) is 3.22. The van der Waals surface area contributed by atoms with Gasteiger partial charge in [0.1, 0.15) is 5.69 Å². The molecule has 1 aliphatic heterocycles. The Kier molecular flexibility index (Phi) is 7.27. The van der Waals surface area contributed by atoms with Crippen LogP contribution in [0.3, 0.4) is 0 Å². The molecular formula is C22H30N4O3. The Morgan fingerprint density at radius 1 is 1.21 bits per heavy atom. The molecule has 7 nitrogen and oxygen atoms in total. The molecule has 3 rings (SSSR count). The fourth-order valence-electron chi connectivity index (χ4n) is 3.76. The van der Waals surface area contributed by atoms with Crippen LogP contribution in [-0.4, -0.2) is 54.1 Å². The standard InChI is InChI=1S/C22H30N4O3/c1-4-17-7-5-6-14-26(17)21(27)18-11-13-24-22(25-18)23-12-10-16-8-9-19(28-2)20(15-16)29-3/h8-9,11,13,15,17H,4-7,10,12,14H2,1-3H3,(H,23,24,25). The molecule has 156 valence electrons. The highest BCUT2D eigenvalue weighted by Gasteiger charge is 2.27. The van der Waals surface area contributed by atoms with Crippen LogP contribution in [0.15, 0.2) is 30.5 Å². The lowest BCUT2D eigenvalue weighted by atomic mass is 9.99. The Morgan fingerprint density at radius 2 is 2.03 bits per heavy atom. The van der Waals surface area contributed by atoms with Gasteiger partial charge in [-0.2, -0.15) is 0 Å². The zero-order chi connectivity index (χ0) is 20.6. The third-order valence-electron chi connectivity index (χ3n) is 5.38. The number of nitrogens with one attached hydrogen (secondary N) is 1. The van der Waals surface area contributed by atoms with Gasteiger partial charge in [0.2, 0.25) is 5.95 Å². The second-order valence-corrected chi connectivity index (χ2v) is 7.19. The SMILES string of the molecule is CCC1CCCCN1C(=O)c1ccnc(NCCc2ccc(OC)c(OC)c2)n1. The molecule has 29 heavy (non-hydrogen) atoms. The van der Waals surface area contributed by atoms with Gasteiger partial charge < -0.3 is 19.7 Å². The molecule has 1 N–H and O–H groups in total. The summed E-state index contributed by atoms with van der Waals surface area (Å²) < 4.78 is 10.6. The number of hydrogen-bond acceptors (Lipinski definition) is 6. The largest absolute Gasteiger partial charge is 0.493 e. The van der Waals surface area contributed by atoms with Crippen molar-refractivity contribution in [2.24, 2.45) is 0 Å². The fourth-order valence-corrected chi connectivity index (χ4v) is 3.76. The number of piperidine rings is 1. The van der Waals surface area contributed by atoms with Gasteiger partial charge in [-0.1, -0.05) is 13.0 Å². The van der Waals surface area contributed by atoms with Crippen LogP contribution in [0.5, 0.6) is 11.5 Å². The molecule has 0 spiro atoms. The van der Waals surface area contributed by atoms with E-state index < -0.39 is 0 Å². The molecule has 0 saturated carbocycles. The Bertz CT molecular complexity index is 827. The number of amides is 1. The first kappa shape index (κ1) is 20.9. The number of aromatic nitrogens is 2. The minimum absolute atomic E-state index is 0.00175. The first-order valence-electron chi connectivity index (χ1n) is 10.2. The number of benzene rings is 1. The van der Waals surface area contributed by atoms with E-state index in [0.717, 1.165) is 37.8 Å². The van der Waals surface area contributed by atoms with E-state index in [9.17, 15) is 4.79 Å². The number of ether oxygens (including phenoxy) is 2. The minimum Gasteiger partial charge on any atom is -0.493 e. The number of nitrogens with zero attached hydrogens (tertiary/aromatic N) is 3. The van der Waals surface area contributed by atoms with Crippen LogP contribution >= 0.6 is 0 Å². The molecule has 1 aromatic carbocycles. The van der Waals surface area contributed by atoms with Crippen molar-refractivity contribution in [3.63, 3.8) is 0 Å². The summed E-state index contributed by atoms with van der Waals surface area (Å²) in [4.78, 5) is 23.6. The summed E-state index contributed by atoms with van der Waals surface area (Å²) in [7, 11) is 3.25. The summed E-state index contributed by atoms with van der Waals surface area (Å²) >= 11 is 0. The molecule has 1 atom stereocenters. The maximum absolute atomic E-state index is 12.9. The second kappa shape index (κ2) is 10.1. The van der Waals surface area contributed by atoms with Crippen molar-refractivity contribution < 1.29 is 14.3 Å². The van der Waals surface area contributed by atoms with Gasteiger partial charge in [-0.3, -0.25) is 4.79 Å². The molecule has 2 aromatic rings. The topological polar surface area (TPSA) is 76.6 Å². The van der Waals surface area contributed by atoms with Crippen molar-refractivity contribution in [1.82, 2.24) is 14.9 Å². The fraction of sp³-hybridized carbons (Fsp3) is 0.500. The lowest BCUT2D eigenvalue weighted by Gasteiger charge is -2.35. The molecule has 1 fully saturated rings. The van der Waals surface area contributed by atoms with E-state index in [4.69, 9.17) is 9.47 Å². The molecule has 0 bridgehead atoms. The Balaban J connectivity index is 1.61. The molecule has 2 heterocycles. The third kappa shape index (κ3) is 5.16. The van der Waals surface area contributed by atoms with Crippen LogP contribution in [0.4, 0.5) is 5.95 Å². The number of hydrogen-bond donors (Lipinski definition) is 1. The van der Waals surface area contributed by atoms with Crippen LogP contribution in [0, 0.1) is 0 Å². The van der Waals surface area contributed by atoms with Crippen LogP contribution in [0.2, 0.25) is 0 Å². The Labute approximate surface area is 172 Å². The number of rotatable bonds is 8. The van der Waals surface area contributed by atoms with E-state index in [-0.39, 0.29) is 5.91 Å². The number of likely N-dealkylation sites (tertiary alicyclic amines) is 1. The molecular weight excluding hydrogens is 368 g/mol. The lowest BCUT2D eigenvalue weighted by molar-refractivity contribution is 0.0602. The van der Waals surface area contributed by atoms with Crippen molar-refractivity contribution in [3.8, 4) is 11.5 Å². The second-order valence-electron chi connectivity index (χ2n) is 7.19. The van der Waals surface area contributed by atoms with Gasteiger partial charge >= 0.3 is 0 Å². The zero-order valence-electron chi connectivity index (χ0n) is 17.5. The predicted molar refractivity (Wildman–Crippen MR) is 113 cm³/mol. The van der Waals surface area contributed by atoms with Crippen LogP contribution < -0.4 is 14.8 Å². The first-order chi connectivity index (χ1) is 14.2. The molecule has 0 radical (unpaired) electrons. The Morgan fingerprint density at radius 3 is 2.79 bits per heavy atom. The number of carbonyl (C=O) groups excluding carboxylic acids is 1. The van der Waals surface area contributed by atoms with E-state index in [0.29, 0.717) is 35.7 Å². The summed E-state index contributed by atoms with van der Waals surface area (Å²) in [6.07, 6.45) is 6.71. The molecule has 1 aromatic heterocycles. The highest BCUT2D eigenvalue weighted by Crippen LogP contribution is 2.27. The number of anilines is 1. The quantitative estimate of drug-likeness (QED) is 0.733. The molecule has 1 unspecified atom stereocenters. The zero-order valence-corrected chi connectivity index (χ0v) is 17.5.